The van der Waals surface area contributed by atoms with Crippen LogP contribution >= 0.6 is 11.3 Å². The number of benzene rings is 1. The number of aryl methyl sites for hydroxylation is 1. The Kier molecular flexibility index (Phi) is 5.58. The molecule has 30 heavy (non-hydrogen) atoms. The Morgan fingerprint density at radius 3 is 2.60 bits per heavy atom. The number of anilines is 3. The number of hydrogen-bond acceptors (Lipinski definition) is 6. The molecule has 0 fully saturated rings. The molecule has 0 saturated heterocycles. The highest BCUT2D eigenvalue weighted by atomic mass is 32.1. The second-order valence-corrected chi connectivity index (χ2v) is 8.13. The second-order valence-electron chi connectivity index (χ2n) is 7.22. The number of H-pyrrole nitrogens is 1. The van der Waals surface area contributed by atoms with Gasteiger partial charge in [0.15, 0.2) is 5.82 Å². The van der Waals surface area contributed by atoms with Crippen LogP contribution in [0.5, 0.6) is 0 Å². The summed E-state index contributed by atoms with van der Waals surface area (Å²) < 4.78 is 0. The van der Waals surface area contributed by atoms with Gasteiger partial charge in [-0.15, -0.1) is 11.3 Å². The monoisotopic (exact) mass is 418 g/mol. The number of hydrogen-bond donors (Lipinski definition) is 3. The summed E-state index contributed by atoms with van der Waals surface area (Å²) in [5, 5.41) is 15.2. The van der Waals surface area contributed by atoms with Crippen molar-refractivity contribution in [2.75, 3.05) is 10.6 Å². The van der Waals surface area contributed by atoms with Crippen molar-refractivity contribution in [3.8, 4) is 22.0 Å². The third kappa shape index (κ3) is 4.55. The van der Waals surface area contributed by atoms with Crippen molar-refractivity contribution in [3.63, 3.8) is 0 Å². The van der Waals surface area contributed by atoms with E-state index in [1.54, 1.807) is 0 Å². The zero-order valence-electron chi connectivity index (χ0n) is 16.9. The summed E-state index contributed by atoms with van der Waals surface area (Å²) in [6.45, 7) is 5.65. The van der Waals surface area contributed by atoms with Crippen LogP contribution in [0.1, 0.15) is 19.5 Å². The smallest absolute Gasteiger partial charge is 0.226 e. The van der Waals surface area contributed by atoms with Gasteiger partial charge in [0.25, 0.3) is 0 Å². The molecule has 0 aliphatic rings. The van der Waals surface area contributed by atoms with Crippen LogP contribution in [0.2, 0.25) is 0 Å². The summed E-state index contributed by atoms with van der Waals surface area (Å²) in [5.41, 5.74) is 3.44. The molecular formula is C22H22N6OS. The molecule has 3 N–H and O–H groups in total. The maximum atomic E-state index is 12.0. The summed E-state index contributed by atoms with van der Waals surface area (Å²) in [4.78, 5) is 22.3. The predicted octanol–water partition coefficient (Wildman–Crippen LogP) is 5.24. The summed E-state index contributed by atoms with van der Waals surface area (Å²) >= 11 is 1.49. The van der Waals surface area contributed by atoms with E-state index >= 15 is 0 Å². The SMILES string of the molecule is Cc1cc(Nc2cc(-c3ccccc3)nc(-c3cc(NC(=O)C(C)C)cs3)n2)[nH]n1. The normalized spacial score (nSPS) is 10.9. The molecule has 4 rings (SSSR count). The van der Waals surface area contributed by atoms with E-state index < -0.39 is 0 Å². The maximum absolute atomic E-state index is 12.0. The first-order chi connectivity index (χ1) is 14.5. The quantitative estimate of drug-likeness (QED) is 0.398. The average Bonchev–Trinajstić information content (AvgIpc) is 3.37. The van der Waals surface area contributed by atoms with Crippen molar-refractivity contribution in [3.05, 3.63) is 59.6 Å². The fraction of sp³-hybridized carbons (Fsp3) is 0.182. The van der Waals surface area contributed by atoms with Crippen LogP contribution in [0.4, 0.5) is 17.3 Å². The van der Waals surface area contributed by atoms with Crippen LogP contribution in [-0.2, 0) is 4.79 Å². The molecule has 152 valence electrons. The second kappa shape index (κ2) is 8.46. The lowest BCUT2D eigenvalue weighted by Gasteiger charge is -2.09. The van der Waals surface area contributed by atoms with E-state index in [1.165, 1.54) is 11.3 Å². The number of carbonyl (C=O) groups is 1. The van der Waals surface area contributed by atoms with Crippen molar-refractivity contribution >= 4 is 34.6 Å². The number of thiophene rings is 1. The molecular weight excluding hydrogens is 396 g/mol. The Morgan fingerprint density at radius 1 is 1.10 bits per heavy atom. The molecule has 0 aliphatic carbocycles. The van der Waals surface area contributed by atoms with Crippen LogP contribution in [-0.4, -0.2) is 26.1 Å². The van der Waals surface area contributed by atoms with Gasteiger partial charge in [-0.3, -0.25) is 9.89 Å². The van der Waals surface area contributed by atoms with Gasteiger partial charge >= 0.3 is 0 Å². The van der Waals surface area contributed by atoms with Gasteiger partial charge in [-0.05, 0) is 13.0 Å². The fourth-order valence-electron chi connectivity index (χ4n) is 2.81. The molecule has 0 unspecified atom stereocenters. The minimum absolute atomic E-state index is 0.0183. The number of amides is 1. The zero-order valence-corrected chi connectivity index (χ0v) is 17.7. The molecule has 1 aromatic carbocycles. The lowest BCUT2D eigenvalue weighted by atomic mass is 10.1. The number of aromatic amines is 1. The number of aromatic nitrogens is 4. The van der Waals surface area contributed by atoms with E-state index in [4.69, 9.17) is 4.98 Å². The molecule has 0 aliphatic heterocycles. The van der Waals surface area contributed by atoms with E-state index in [0.717, 1.165) is 33.3 Å². The zero-order chi connectivity index (χ0) is 21.1. The molecule has 0 atom stereocenters. The molecule has 4 aromatic rings. The molecule has 0 spiro atoms. The Labute approximate surface area is 178 Å². The number of carbonyl (C=O) groups excluding carboxylic acids is 1. The predicted molar refractivity (Wildman–Crippen MR) is 121 cm³/mol. The Hall–Kier alpha value is -3.52. The van der Waals surface area contributed by atoms with Gasteiger partial charge in [-0.1, -0.05) is 44.2 Å². The molecule has 0 bridgehead atoms. The third-order valence-electron chi connectivity index (χ3n) is 4.38. The van der Waals surface area contributed by atoms with Gasteiger partial charge in [-0.25, -0.2) is 9.97 Å². The first-order valence-electron chi connectivity index (χ1n) is 9.61. The highest BCUT2D eigenvalue weighted by Crippen LogP contribution is 2.31. The van der Waals surface area contributed by atoms with E-state index in [0.29, 0.717) is 11.6 Å². The van der Waals surface area contributed by atoms with Crippen LogP contribution in [0.15, 0.2) is 53.9 Å². The summed E-state index contributed by atoms with van der Waals surface area (Å²) in [7, 11) is 0. The van der Waals surface area contributed by atoms with E-state index in [1.807, 2.05) is 74.7 Å². The van der Waals surface area contributed by atoms with E-state index in [9.17, 15) is 4.79 Å². The third-order valence-corrected chi connectivity index (χ3v) is 5.30. The molecule has 8 heteroatoms. The van der Waals surface area contributed by atoms with Crippen molar-refractivity contribution in [2.24, 2.45) is 5.92 Å². The fourth-order valence-corrected chi connectivity index (χ4v) is 3.58. The Morgan fingerprint density at radius 2 is 1.90 bits per heavy atom. The van der Waals surface area contributed by atoms with Gasteiger partial charge in [0.2, 0.25) is 5.91 Å². The minimum Gasteiger partial charge on any atom is -0.325 e. The molecule has 0 radical (unpaired) electrons. The number of nitrogens with zero attached hydrogens (tertiary/aromatic N) is 3. The number of rotatable bonds is 6. The lowest BCUT2D eigenvalue weighted by Crippen LogP contribution is -2.17. The van der Waals surface area contributed by atoms with E-state index in [2.05, 4.69) is 25.8 Å². The lowest BCUT2D eigenvalue weighted by molar-refractivity contribution is -0.118. The standard InChI is InChI=1S/C22H22N6OS/c1-13(2)22(29)23-16-10-18(30-12-16)21-24-17(15-7-5-4-6-8-15)11-19(26-21)25-20-9-14(3)27-28-20/h4-13H,1-3H3,(H,23,29)(H2,24,25,26,27,28). The number of nitrogens with one attached hydrogen (secondary N) is 3. The average molecular weight is 419 g/mol. The molecule has 3 aromatic heterocycles. The highest BCUT2D eigenvalue weighted by molar-refractivity contribution is 7.14. The Bertz CT molecular complexity index is 1170. The van der Waals surface area contributed by atoms with Gasteiger partial charge in [-0.2, -0.15) is 5.10 Å². The van der Waals surface area contributed by atoms with Crippen LogP contribution < -0.4 is 10.6 Å². The molecule has 0 saturated carbocycles. The molecule has 1 amide bonds. The van der Waals surface area contributed by atoms with Crippen molar-refractivity contribution in [2.45, 2.75) is 20.8 Å². The van der Waals surface area contributed by atoms with Gasteiger partial charge in [0, 0.05) is 29.0 Å². The first-order valence-corrected chi connectivity index (χ1v) is 10.5. The van der Waals surface area contributed by atoms with Crippen molar-refractivity contribution < 1.29 is 4.79 Å². The topological polar surface area (TPSA) is 95.6 Å². The molecule has 3 heterocycles. The summed E-state index contributed by atoms with van der Waals surface area (Å²) in [5.74, 6) is 1.90. The largest absolute Gasteiger partial charge is 0.325 e. The van der Waals surface area contributed by atoms with Gasteiger partial charge in [0.1, 0.15) is 11.6 Å². The van der Waals surface area contributed by atoms with E-state index in [-0.39, 0.29) is 11.8 Å². The summed E-state index contributed by atoms with van der Waals surface area (Å²) in [6.07, 6.45) is 0. The van der Waals surface area contributed by atoms with Crippen LogP contribution in [0.3, 0.4) is 0 Å². The maximum Gasteiger partial charge on any atom is 0.226 e. The van der Waals surface area contributed by atoms with Crippen LogP contribution in [0, 0.1) is 12.8 Å². The Balaban J connectivity index is 1.70. The van der Waals surface area contributed by atoms with Crippen molar-refractivity contribution in [1.82, 2.24) is 20.2 Å². The van der Waals surface area contributed by atoms with Crippen LogP contribution in [0.25, 0.3) is 22.0 Å². The molecule has 7 nitrogen and oxygen atoms in total. The first kappa shape index (κ1) is 19.8. The van der Waals surface area contributed by atoms with Gasteiger partial charge < -0.3 is 10.6 Å². The van der Waals surface area contributed by atoms with Crippen molar-refractivity contribution in [1.29, 1.82) is 0 Å². The summed E-state index contributed by atoms with van der Waals surface area (Å²) in [6, 6.07) is 15.7. The van der Waals surface area contributed by atoms with Gasteiger partial charge in [0.05, 0.1) is 22.0 Å². The minimum atomic E-state index is -0.0836. The highest BCUT2D eigenvalue weighted by Gasteiger charge is 2.14.